The van der Waals surface area contributed by atoms with Gasteiger partial charge in [-0.15, -0.1) is 0 Å². The minimum Gasteiger partial charge on any atom is -0.477 e. The number of aromatic nitrogens is 1. The Morgan fingerprint density at radius 3 is 2.41 bits per heavy atom. The number of nitrogens with zero attached hydrogens (tertiary/aromatic N) is 3. The van der Waals surface area contributed by atoms with Crippen LogP contribution in [0.4, 0.5) is 10.1 Å². The van der Waals surface area contributed by atoms with Gasteiger partial charge >= 0.3 is 5.97 Å². The SMILES string of the molecule is CC(c1ccccc1)N1CCN(c2cc3c(cc2F)c(=O)c(C(=O)O)cn3C2CC2)CC1. The number of halogens is 1. The van der Waals surface area contributed by atoms with Crippen molar-refractivity contribution in [3.63, 3.8) is 0 Å². The Hall–Kier alpha value is -3.19. The molecule has 0 amide bonds. The van der Waals surface area contributed by atoms with Crippen molar-refractivity contribution in [2.75, 3.05) is 31.1 Å². The maximum atomic E-state index is 15.1. The standard InChI is InChI=1S/C25H26FN3O3/c1-16(17-5-3-2-4-6-17)27-9-11-28(12-10-27)23-14-22-19(13-21(23)26)24(30)20(25(31)32)15-29(22)18-7-8-18/h2-6,13-16,18H,7-12H2,1H3,(H,31,32). The zero-order valence-corrected chi connectivity index (χ0v) is 18.0. The lowest BCUT2D eigenvalue weighted by atomic mass is 10.1. The number of carboxylic acid groups (broad SMARTS) is 1. The van der Waals surface area contributed by atoms with Gasteiger partial charge < -0.3 is 14.6 Å². The predicted octanol–water partition coefficient (Wildman–Crippen LogP) is 4.06. The van der Waals surface area contributed by atoms with Gasteiger partial charge in [-0.1, -0.05) is 30.3 Å². The summed E-state index contributed by atoms with van der Waals surface area (Å²) in [5, 5.41) is 9.55. The van der Waals surface area contributed by atoms with Gasteiger partial charge in [0.2, 0.25) is 5.43 Å². The number of hydrogen-bond donors (Lipinski definition) is 1. The number of fused-ring (bicyclic) bond motifs is 1. The zero-order chi connectivity index (χ0) is 22.4. The quantitative estimate of drug-likeness (QED) is 0.655. The van der Waals surface area contributed by atoms with Crippen molar-refractivity contribution < 1.29 is 14.3 Å². The molecule has 6 nitrogen and oxygen atoms in total. The first kappa shape index (κ1) is 20.7. The molecule has 1 aliphatic carbocycles. The van der Waals surface area contributed by atoms with Crippen LogP contribution in [0.5, 0.6) is 0 Å². The molecule has 1 unspecified atom stereocenters. The van der Waals surface area contributed by atoms with E-state index >= 15 is 4.39 Å². The maximum Gasteiger partial charge on any atom is 0.341 e. The van der Waals surface area contributed by atoms with Gasteiger partial charge in [-0.2, -0.15) is 0 Å². The Kier molecular flexibility index (Phi) is 5.21. The first-order valence-electron chi connectivity index (χ1n) is 11.1. The van der Waals surface area contributed by atoms with Crippen LogP contribution in [0, 0.1) is 5.82 Å². The van der Waals surface area contributed by atoms with Crippen LogP contribution in [0.3, 0.4) is 0 Å². The molecule has 1 aromatic heterocycles. The molecule has 2 aromatic carbocycles. The number of pyridine rings is 1. The summed E-state index contributed by atoms with van der Waals surface area (Å²) < 4.78 is 17.0. The normalized spacial score (nSPS) is 18.1. The van der Waals surface area contributed by atoms with E-state index in [2.05, 4.69) is 24.0 Å². The van der Waals surface area contributed by atoms with E-state index < -0.39 is 17.2 Å². The highest BCUT2D eigenvalue weighted by atomic mass is 19.1. The molecule has 3 aromatic rings. The summed E-state index contributed by atoms with van der Waals surface area (Å²) in [5.74, 6) is -1.76. The lowest BCUT2D eigenvalue weighted by Crippen LogP contribution is -2.47. The molecule has 1 saturated carbocycles. The van der Waals surface area contributed by atoms with Crippen LogP contribution < -0.4 is 10.3 Å². The maximum absolute atomic E-state index is 15.1. The number of piperazine rings is 1. The molecule has 1 saturated heterocycles. The van der Waals surface area contributed by atoms with E-state index in [-0.39, 0.29) is 23.0 Å². The Balaban J connectivity index is 1.45. The van der Waals surface area contributed by atoms with Crippen molar-refractivity contribution >= 4 is 22.6 Å². The number of benzene rings is 2. The van der Waals surface area contributed by atoms with E-state index in [4.69, 9.17) is 0 Å². The second kappa shape index (κ2) is 8.06. The van der Waals surface area contributed by atoms with Gasteiger partial charge in [0.25, 0.3) is 0 Å². The fourth-order valence-electron chi connectivity index (χ4n) is 4.70. The van der Waals surface area contributed by atoms with Crippen molar-refractivity contribution in [1.82, 2.24) is 9.47 Å². The molecule has 166 valence electrons. The Morgan fingerprint density at radius 1 is 1.09 bits per heavy atom. The Bertz CT molecular complexity index is 1230. The van der Waals surface area contributed by atoms with Crippen LogP contribution in [0.15, 0.2) is 53.5 Å². The second-order valence-electron chi connectivity index (χ2n) is 8.75. The summed E-state index contributed by atoms with van der Waals surface area (Å²) in [6, 6.07) is 13.8. The van der Waals surface area contributed by atoms with E-state index in [9.17, 15) is 14.7 Å². The Labute approximate surface area is 185 Å². The van der Waals surface area contributed by atoms with Crippen LogP contribution in [0.25, 0.3) is 10.9 Å². The van der Waals surface area contributed by atoms with Crippen molar-refractivity contribution in [1.29, 1.82) is 0 Å². The summed E-state index contributed by atoms with van der Waals surface area (Å²) in [6.45, 7) is 5.17. The average molecular weight is 435 g/mol. The number of carbonyl (C=O) groups is 1. The molecule has 1 N–H and O–H groups in total. The van der Waals surface area contributed by atoms with Crippen LogP contribution in [0.2, 0.25) is 0 Å². The van der Waals surface area contributed by atoms with Gasteiger partial charge in [-0.25, -0.2) is 9.18 Å². The van der Waals surface area contributed by atoms with E-state index in [1.807, 2.05) is 27.7 Å². The van der Waals surface area contributed by atoms with Gasteiger partial charge in [0.1, 0.15) is 11.4 Å². The number of anilines is 1. The lowest BCUT2D eigenvalue weighted by molar-refractivity contribution is 0.0695. The summed E-state index contributed by atoms with van der Waals surface area (Å²) in [6.07, 6.45) is 3.28. The van der Waals surface area contributed by atoms with Gasteiger partial charge in [0, 0.05) is 49.8 Å². The molecule has 2 fully saturated rings. The van der Waals surface area contributed by atoms with E-state index in [0.29, 0.717) is 24.3 Å². The van der Waals surface area contributed by atoms with Crippen LogP contribution in [-0.4, -0.2) is 46.7 Å². The van der Waals surface area contributed by atoms with Crippen LogP contribution in [0.1, 0.15) is 47.8 Å². The average Bonchev–Trinajstić information content (AvgIpc) is 3.65. The van der Waals surface area contributed by atoms with Gasteiger partial charge in [-0.3, -0.25) is 9.69 Å². The van der Waals surface area contributed by atoms with Gasteiger partial charge in [-0.05, 0) is 37.5 Å². The molecule has 5 rings (SSSR count). The fraction of sp³-hybridized carbons (Fsp3) is 0.360. The molecular weight excluding hydrogens is 409 g/mol. The van der Waals surface area contributed by atoms with Crippen molar-refractivity contribution in [3.8, 4) is 0 Å². The van der Waals surface area contributed by atoms with Gasteiger partial charge in [0.15, 0.2) is 0 Å². The molecule has 32 heavy (non-hydrogen) atoms. The Morgan fingerprint density at radius 2 is 1.78 bits per heavy atom. The molecule has 0 spiro atoms. The fourth-order valence-corrected chi connectivity index (χ4v) is 4.70. The molecular formula is C25H26FN3O3. The second-order valence-corrected chi connectivity index (χ2v) is 8.75. The molecule has 2 heterocycles. The van der Waals surface area contributed by atoms with Crippen LogP contribution >= 0.6 is 0 Å². The third-order valence-electron chi connectivity index (χ3n) is 6.76. The van der Waals surface area contributed by atoms with Gasteiger partial charge in [0.05, 0.1) is 11.2 Å². The third kappa shape index (κ3) is 3.66. The zero-order valence-electron chi connectivity index (χ0n) is 18.0. The minimum absolute atomic E-state index is 0.134. The monoisotopic (exact) mass is 435 g/mol. The summed E-state index contributed by atoms with van der Waals surface area (Å²) in [4.78, 5) is 28.6. The summed E-state index contributed by atoms with van der Waals surface area (Å²) in [7, 11) is 0. The van der Waals surface area contributed by atoms with Crippen LogP contribution in [-0.2, 0) is 0 Å². The highest BCUT2D eigenvalue weighted by Crippen LogP contribution is 2.38. The minimum atomic E-state index is -1.28. The first-order chi connectivity index (χ1) is 15.4. The highest BCUT2D eigenvalue weighted by Gasteiger charge is 2.29. The van der Waals surface area contributed by atoms with Crippen molar-refractivity contribution in [3.05, 3.63) is 75.8 Å². The molecule has 7 heteroatoms. The number of carboxylic acids is 1. The van der Waals surface area contributed by atoms with E-state index in [1.54, 1.807) is 6.07 Å². The smallest absolute Gasteiger partial charge is 0.341 e. The van der Waals surface area contributed by atoms with Crippen molar-refractivity contribution in [2.45, 2.75) is 31.8 Å². The van der Waals surface area contributed by atoms with E-state index in [1.165, 1.54) is 17.8 Å². The molecule has 2 aliphatic rings. The number of aromatic carboxylic acids is 1. The summed E-state index contributed by atoms with van der Waals surface area (Å²) >= 11 is 0. The van der Waals surface area contributed by atoms with Crippen molar-refractivity contribution in [2.24, 2.45) is 0 Å². The molecule has 0 bridgehead atoms. The molecule has 0 radical (unpaired) electrons. The largest absolute Gasteiger partial charge is 0.477 e. The first-order valence-corrected chi connectivity index (χ1v) is 11.1. The topological polar surface area (TPSA) is 65.8 Å². The molecule has 1 aliphatic heterocycles. The number of rotatable bonds is 5. The molecule has 1 atom stereocenters. The predicted molar refractivity (Wildman–Crippen MR) is 122 cm³/mol. The third-order valence-corrected chi connectivity index (χ3v) is 6.76. The lowest BCUT2D eigenvalue weighted by Gasteiger charge is -2.39. The van der Waals surface area contributed by atoms with E-state index in [0.717, 1.165) is 25.9 Å². The summed E-state index contributed by atoms with van der Waals surface area (Å²) in [5.41, 5.74) is 1.41. The highest BCUT2D eigenvalue weighted by molar-refractivity contribution is 5.93. The number of hydrogen-bond acceptors (Lipinski definition) is 4.